The quantitative estimate of drug-likeness (QED) is 0.840. The van der Waals surface area contributed by atoms with E-state index >= 15 is 0 Å². The molecule has 140 valence electrons. The molecule has 1 saturated carbocycles. The molecular weight excluding hydrogens is 334 g/mol. The largest absolute Gasteiger partial charge is 0.364 e. The first-order chi connectivity index (χ1) is 13.3. The van der Waals surface area contributed by atoms with Crippen LogP contribution in [0.4, 0.5) is 5.69 Å². The highest BCUT2D eigenvalue weighted by molar-refractivity contribution is 5.81. The highest BCUT2D eigenvalue weighted by Crippen LogP contribution is 2.35. The van der Waals surface area contributed by atoms with Gasteiger partial charge in [0.15, 0.2) is 0 Å². The Bertz CT molecular complexity index is 817. The summed E-state index contributed by atoms with van der Waals surface area (Å²) < 4.78 is 0. The van der Waals surface area contributed by atoms with Crippen LogP contribution >= 0.6 is 0 Å². The second kappa shape index (κ2) is 7.01. The van der Waals surface area contributed by atoms with Crippen molar-refractivity contribution in [3.8, 4) is 0 Å². The van der Waals surface area contributed by atoms with E-state index in [0.29, 0.717) is 11.9 Å². The van der Waals surface area contributed by atoms with Crippen LogP contribution in [-0.4, -0.2) is 47.9 Å². The molecule has 27 heavy (non-hydrogen) atoms. The molecule has 0 N–H and O–H groups in total. The highest BCUT2D eigenvalue weighted by atomic mass is 16.2. The molecular formula is C23H27N3O. The number of carbonyl (C=O) groups excluding carboxylic acids is 1. The predicted octanol–water partition coefficient (Wildman–Crippen LogP) is 3.13. The van der Waals surface area contributed by atoms with Gasteiger partial charge in [0, 0.05) is 50.9 Å². The van der Waals surface area contributed by atoms with E-state index in [1.54, 1.807) is 0 Å². The highest BCUT2D eigenvalue weighted by Gasteiger charge is 2.38. The first kappa shape index (κ1) is 16.8. The van der Waals surface area contributed by atoms with Gasteiger partial charge >= 0.3 is 0 Å². The normalized spacial score (nSPS) is 22.7. The lowest BCUT2D eigenvalue weighted by Crippen LogP contribution is -2.56. The first-order valence-electron chi connectivity index (χ1n) is 10.2. The van der Waals surface area contributed by atoms with E-state index < -0.39 is 0 Å². The zero-order chi connectivity index (χ0) is 18.2. The molecule has 2 aromatic rings. The van der Waals surface area contributed by atoms with Crippen LogP contribution in [-0.2, 0) is 17.9 Å². The Morgan fingerprint density at radius 1 is 0.926 bits per heavy atom. The van der Waals surface area contributed by atoms with Crippen LogP contribution < -0.4 is 4.90 Å². The van der Waals surface area contributed by atoms with Crippen LogP contribution in [0.15, 0.2) is 54.6 Å². The summed E-state index contributed by atoms with van der Waals surface area (Å²) >= 11 is 0. The second-order valence-electron chi connectivity index (χ2n) is 8.19. The summed E-state index contributed by atoms with van der Waals surface area (Å²) in [6.07, 6.45) is 2.15. The molecule has 2 heterocycles. The Morgan fingerprint density at radius 2 is 1.70 bits per heavy atom. The smallest absolute Gasteiger partial charge is 0.226 e. The number of hydrogen-bond donors (Lipinski definition) is 0. The lowest BCUT2D eigenvalue weighted by Gasteiger charge is -2.43. The standard InChI is InChI=1S/C23H27N3O/c27-23(19-10-11-19)25-15-20-8-4-5-9-22(20)26-13-12-24(16-21(26)17-25)14-18-6-2-1-3-7-18/h1-9,19,21H,10-17H2. The van der Waals surface area contributed by atoms with Crippen molar-refractivity contribution in [1.29, 1.82) is 0 Å². The maximum absolute atomic E-state index is 12.9. The third-order valence-corrected chi connectivity index (χ3v) is 6.15. The van der Waals surface area contributed by atoms with Crippen LogP contribution in [0.3, 0.4) is 0 Å². The SMILES string of the molecule is O=C(C1CC1)N1Cc2ccccc2N2CCN(Cc3ccccc3)CC2C1. The maximum atomic E-state index is 12.9. The molecule has 0 spiro atoms. The van der Waals surface area contributed by atoms with E-state index in [2.05, 4.69) is 69.3 Å². The minimum absolute atomic E-state index is 0.285. The van der Waals surface area contributed by atoms with Crippen LogP contribution in [0.2, 0.25) is 0 Å². The van der Waals surface area contributed by atoms with E-state index in [1.807, 2.05) is 0 Å². The molecule has 2 aromatic carbocycles. The third kappa shape index (κ3) is 3.46. The van der Waals surface area contributed by atoms with E-state index in [4.69, 9.17) is 0 Å². The molecule has 1 amide bonds. The fourth-order valence-electron chi connectivity index (χ4n) is 4.58. The molecule has 0 radical (unpaired) electrons. The van der Waals surface area contributed by atoms with Gasteiger partial charge in [-0.1, -0.05) is 48.5 Å². The number of rotatable bonds is 3. The van der Waals surface area contributed by atoms with Crippen LogP contribution in [0.1, 0.15) is 24.0 Å². The second-order valence-corrected chi connectivity index (χ2v) is 8.19. The lowest BCUT2D eigenvalue weighted by atomic mass is 10.1. The molecule has 2 aliphatic heterocycles. The van der Waals surface area contributed by atoms with Gasteiger partial charge in [-0.2, -0.15) is 0 Å². The van der Waals surface area contributed by atoms with Gasteiger partial charge in [0.25, 0.3) is 0 Å². The number of anilines is 1. The number of carbonyl (C=O) groups is 1. The number of amides is 1. The summed E-state index contributed by atoms with van der Waals surface area (Å²) in [6.45, 7) is 5.70. The topological polar surface area (TPSA) is 26.8 Å². The van der Waals surface area contributed by atoms with Crippen LogP contribution in [0.5, 0.6) is 0 Å². The number of para-hydroxylation sites is 1. The van der Waals surface area contributed by atoms with E-state index in [9.17, 15) is 4.79 Å². The first-order valence-corrected chi connectivity index (χ1v) is 10.2. The Hall–Kier alpha value is -2.33. The summed E-state index contributed by atoms with van der Waals surface area (Å²) in [4.78, 5) is 20.1. The molecule has 5 rings (SSSR count). The zero-order valence-electron chi connectivity index (χ0n) is 15.8. The molecule has 3 aliphatic rings. The number of nitrogens with zero attached hydrogens (tertiary/aromatic N) is 3. The van der Waals surface area contributed by atoms with Gasteiger partial charge in [0.05, 0.1) is 6.04 Å². The van der Waals surface area contributed by atoms with Crippen molar-refractivity contribution in [2.75, 3.05) is 31.1 Å². The van der Waals surface area contributed by atoms with Gasteiger partial charge in [-0.05, 0) is 30.0 Å². The Labute approximate surface area is 161 Å². The third-order valence-electron chi connectivity index (χ3n) is 6.15. The van der Waals surface area contributed by atoms with Gasteiger partial charge in [-0.3, -0.25) is 9.69 Å². The molecule has 0 bridgehead atoms. The number of hydrogen-bond acceptors (Lipinski definition) is 3. The monoisotopic (exact) mass is 361 g/mol. The molecule has 1 aliphatic carbocycles. The van der Waals surface area contributed by atoms with Gasteiger partial charge in [0.2, 0.25) is 5.91 Å². The summed E-state index contributed by atoms with van der Waals surface area (Å²) in [5.74, 6) is 0.652. The number of benzene rings is 2. The maximum Gasteiger partial charge on any atom is 0.226 e. The van der Waals surface area contributed by atoms with Crippen molar-refractivity contribution in [3.63, 3.8) is 0 Å². The fourth-order valence-corrected chi connectivity index (χ4v) is 4.58. The van der Waals surface area contributed by atoms with Crippen molar-refractivity contribution in [2.24, 2.45) is 5.92 Å². The van der Waals surface area contributed by atoms with E-state index in [1.165, 1.54) is 16.8 Å². The average molecular weight is 361 g/mol. The zero-order valence-corrected chi connectivity index (χ0v) is 15.8. The van der Waals surface area contributed by atoms with Gasteiger partial charge in [-0.25, -0.2) is 0 Å². The summed E-state index contributed by atoms with van der Waals surface area (Å²) in [5, 5.41) is 0. The van der Waals surface area contributed by atoms with Crippen molar-refractivity contribution >= 4 is 11.6 Å². The van der Waals surface area contributed by atoms with Crippen molar-refractivity contribution in [2.45, 2.75) is 32.0 Å². The van der Waals surface area contributed by atoms with E-state index in [-0.39, 0.29) is 5.92 Å². The molecule has 4 heteroatoms. The number of fused-ring (bicyclic) bond motifs is 3. The Morgan fingerprint density at radius 3 is 2.52 bits per heavy atom. The summed E-state index contributed by atoms with van der Waals surface area (Å²) in [7, 11) is 0. The predicted molar refractivity (Wildman–Crippen MR) is 107 cm³/mol. The molecule has 2 fully saturated rings. The Balaban J connectivity index is 1.39. The molecule has 1 atom stereocenters. The summed E-state index contributed by atoms with van der Waals surface area (Å²) in [6, 6.07) is 19.7. The van der Waals surface area contributed by atoms with E-state index in [0.717, 1.165) is 52.1 Å². The fraction of sp³-hybridized carbons (Fsp3) is 0.435. The van der Waals surface area contributed by atoms with Crippen molar-refractivity contribution in [1.82, 2.24) is 9.80 Å². The van der Waals surface area contributed by atoms with Crippen molar-refractivity contribution < 1.29 is 4.79 Å². The van der Waals surface area contributed by atoms with Crippen LogP contribution in [0.25, 0.3) is 0 Å². The van der Waals surface area contributed by atoms with Crippen molar-refractivity contribution in [3.05, 3.63) is 65.7 Å². The van der Waals surface area contributed by atoms with Gasteiger partial charge in [-0.15, -0.1) is 0 Å². The average Bonchev–Trinajstić information content (AvgIpc) is 3.54. The Kier molecular flexibility index (Phi) is 4.36. The molecule has 1 saturated heterocycles. The summed E-state index contributed by atoms with van der Waals surface area (Å²) in [5.41, 5.74) is 3.99. The number of piperazine rings is 1. The minimum Gasteiger partial charge on any atom is -0.364 e. The lowest BCUT2D eigenvalue weighted by molar-refractivity contribution is -0.133. The molecule has 0 aromatic heterocycles. The van der Waals surface area contributed by atoms with Gasteiger partial charge < -0.3 is 9.80 Å². The molecule has 4 nitrogen and oxygen atoms in total. The minimum atomic E-state index is 0.285. The van der Waals surface area contributed by atoms with Crippen LogP contribution in [0, 0.1) is 5.92 Å². The molecule has 1 unspecified atom stereocenters. The van der Waals surface area contributed by atoms with Gasteiger partial charge in [0.1, 0.15) is 0 Å².